The van der Waals surface area contributed by atoms with Gasteiger partial charge in [0.25, 0.3) is 0 Å². The molecule has 0 radical (unpaired) electrons. The van der Waals surface area contributed by atoms with Gasteiger partial charge in [0.2, 0.25) is 0 Å². The number of hydrogen-bond donors (Lipinski definition) is 1. The Bertz CT molecular complexity index is 465. The normalized spacial score (nSPS) is 12.1. The molecule has 86 valence electrons. The summed E-state index contributed by atoms with van der Waals surface area (Å²) in [5.41, 5.74) is 1.19. The van der Waals surface area contributed by atoms with E-state index in [1.807, 2.05) is 30.3 Å². The van der Waals surface area contributed by atoms with Gasteiger partial charge in [-0.05, 0) is 17.7 Å². The maximum atomic E-state index is 10.9. The SMILES string of the molecule is C=CC=CC=C(C=Cc1ccccc1)C(=O)O. The maximum Gasteiger partial charge on any atom is 0.335 e. The average Bonchev–Trinajstić information content (AvgIpc) is 2.34. The summed E-state index contributed by atoms with van der Waals surface area (Å²) in [5, 5.41) is 8.97. The summed E-state index contributed by atoms with van der Waals surface area (Å²) >= 11 is 0. The molecule has 0 bridgehead atoms. The van der Waals surface area contributed by atoms with Gasteiger partial charge < -0.3 is 5.11 Å². The Morgan fingerprint density at radius 1 is 1.18 bits per heavy atom. The number of carbonyl (C=O) groups is 1. The first-order valence-corrected chi connectivity index (χ1v) is 5.20. The number of benzene rings is 1. The quantitative estimate of drug-likeness (QED) is 0.616. The van der Waals surface area contributed by atoms with E-state index >= 15 is 0 Å². The maximum absolute atomic E-state index is 10.9. The van der Waals surface area contributed by atoms with Gasteiger partial charge in [-0.3, -0.25) is 0 Å². The summed E-state index contributed by atoms with van der Waals surface area (Å²) in [5.74, 6) is -0.953. The zero-order valence-corrected chi connectivity index (χ0v) is 9.41. The van der Waals surface area contributed by atoms with E-state index in [0.717, 1.165) is 5.56 Å². The lowest BCUT2D eigenvalue weighted by Crippen LogP contribution is -1.96. The minimum atomic E-state index is -0.953. The van der Waals surface area contributed by atoms with Crippen LogP contribution < -0.4 is 0 Å². The molecule has 0 saturated heterocycles. The van der Waals surface area contributed by atoms with Crippen molar-refractivity contribution >= 4 is 12.0 Å². The monoisotopic (exact) mass is 226 g/mol. The van der Waals surface area contributed by atoms with Gasteiger partial charge in [0.1, 0.15) is 0 Å². The van der Waals surface area contributed by atoms with Gasteiger partial charge in [-0.2, -0.15) is 0 Å². The molecule has 1 aromatic rings. The van der Waals surface area contributed by atoms with E-state index in [1.54, 1.807) is 30.4 Å². The van der Waals surface area contributed by atoms with Gasteiger partial charge in [-0.25, -0.2) is 4.79 Å². The first kappa shape index (κ1) is 12.7. The molecule has 1 N–H and O–H groups in total. The first-order chi connectivity index (χ1) is 8.24. The summed E-state index contributed by atoms with van der Waals surface area (Å²) in [6.45, 7) is 3.51. The Morgan fingerprint density at radius 3 is 2.47 bits per heavy atom. The molecule has 0 aromatic heterocycles. The van der Waals surface area contributed by atoms with Crippen molar-refractivity contribution in [2.75, 3.05) is 0 Å². The molecule has 0 fully saturated rings. The number of hydrogen-bond acceptors (Lipinski definition) is 1. The van der Waals surface area contributed by atoms with E-state index in [9.17, 15) is 4.79 Å². The number of carboxylic acid groups (broad SMARTS) is 1. The standard InChI is InChI=1S/C15H14O2/c1-2-3-5-10-14(15(16)17)12-11-13-8-6-4-7-9-13/h2-12H,1H2,(H,16,17). The molecule has 0 aliphatic carbocycles. The van der Waals surface area contributed by atoms with Crippen LogP contribution in [0.2, 0.25) is 0 Å². The van der Waals surface area contributed by atoms with E-state index in [-0.39, 0.29) is 5.57 Å². The van der Waals surface area contributed by atoms with Crippen molar-refractivity contribution in [3.05, 3.63) is 78.4 Å². The highest BCUT2D eigenvalue weighted by atomic mass is 16.4. The summed E-state index contributed by atoms with van der Waals surface area (Å²) < 4.78 is 0. The number of aliphatic carboxylic acids is 1. The van der Waals surface area contributed by atoms with Crippen LogP contribution in [0.1, 0.15) is 5.56 Å². The van der Waals surface area contributed by atoms with Crippen LogP contribution in [0.5, 0.6) is 0 Å². The molecule has 2 nitrogen and oxygen atoms in total. The van der Waals surface area contributed by atoms with Gasteiger partial charge in [0.15, 0.2) is 0 Å². The third kappa shape index (κ3) is 4.80. The van der Waals surface area contributed by atoms with Crippen LogP contribution >= 0.6 is 0 Å². The summed E-state index contributed by atoms with van der Waals surface area (Å²) in [6, 6.07) is 9.55. The van der Waals surface area contributed by atoms with E-state index < -0.39 is 5.97 Å². The summed E-state index contributed by atoms with van der Waals surface area (Å²) in [6.07, 6.45) is 9.79. The van der Waals surface area contributed by atoms with Crippen molar-refractivity contribution in [2.24, 2.45) is 0 Å². The van der Waals surface area contributed by atoms with Crippen molar-refractivity contribution < 1.29 is 9.90 Å². The first-order valence-electron chi connectivity index (χ1n) is 5.20. The van der Waals surface area contributed by atoms with Crippen LogP contribution in [0.3, 0.4) is 0 Å². The van der Waals surface area contributed by atoms with Crippen molar-refractivity contribution in [1.82, 2.24) is 0 Å². The summed E-state index contributed by atoms with van der Waals surface area (Å²) in [7, 11) is 0. The smallest absolute Gasteiger partial charge is 0.335 e. The van der Waals surface area contributed by atoms with E-state index in [2.05, 4.69) is 6.58 Å². The fourth-order valence-corrected chi connectivity index (χ4v) is 1.19. The molecule has 0 heterocycles. The number of carboxylic acids is 1. The molecule has 0 spiro atoms. The largest absolute Gasteiger partial charge is 0.478 e. The second kappa shape index (κ2) is 7.01. The lowest BCUT2D eigenvalue weighted by Gasteiger charge is -1.94. The molecule has 1 rings (SSSR count). The average molecular weight is 226 g/mol. The van der Waals surface area contributed by atoms with Crippen molar-refractivity contribution in [1.29, 1.82) is 0 Å². The van der Waals surface area contributed by atoms with Gasteiger partial charge in [0, 0.05) is 0 Å². The summed E-state index contributed by atoms with van der Waals surface area (Å²) in [4.78, 5) is 10.9. The van der Waals surface area contributed by atoms with Crippen molar-refractivity contribution in [3.63, 3.8) is 0 Å². The predicted molar refractivity (Wildman–Crippen MR) is 70.5 cm³/mol. The molecule has 0 amide bonds. The van der Waals surface area contributed by atoms with Gasteiger partial charge in [-0.15, -0.1) is 0 Å². The molecular formula is C15H14O2. The second-order valence-electron chi connectivity index (χ2n) is 3.29. The van der Waals surface area contributed by atoms with Crippen molar-refractivity contribution in [2.45, 2.75) is 0 Å². The van der Waals surface area contributed by atoms with E-state index in [0.29, 0.717) is 0 Å². The van der Waals surface area contributed by atoms with Crippen LogP contribution in [0, 0.1) is 0 Å². The fourth-order valence-electron chi connectivity index (χ4n) is 1.19. The van der Waals surface area contributed by atoms with Crippen LogP contribution in [0.15, 0.2) is 72.9 Å². The highest BCUT2D eigenvalue weighted by molar-refractivity contribution is 5.91. The van der Waals surface area contributed by atoms with E-state index in [1.165, 1.54) is 6.08 Å². The molecular weight excluding hydrogens is 212 g/mol. The minimum absolute atomic E-state index is 0.229. The molecule has 17 heavy (non-hydrogen) atoms. The third-order valence-corrected chi connectivity index (χ3v) is 2.02. The topological polar surface area (TPSA) is 37.3 Å². The van der Waals surface area contributed by atoms with Crippen LogP contribution in [-0.4, -0.2) is 11.1 Å². The molecule has 0 aliphatic heterocycles. The molecule has 0 saturated carbocycles. The minimum Gasteiger partial charge on any atom is -0.478 e. The zero-order chi connectivity index (χ0) is 12.5. The van der Waals surface area contributed by atoms with Crippen LogP contribution in [0.25, 0.3) is 6.08 Å². The fraction of sp³-hybridized carbons (Fsp3) is 0. The van der Waals surface area contributed by atoms with E-state index in [4.69, 9.17) is 5.11 Å². The Hall–Kier alpha value is -2.35. The Balaban J connectivity index is 2.84. The highest BCUT2D eigenvalue weighted by Crippen LogP contribution is 2.05. The molecule has 0 aliphatic rings. The lowest BCUT2D eigenvalue weighted by molar-refractivity contribution is -0.132. The van der Waals surface area contributed by atoms with Crippen LogP contribution in [0.4, 0.5) is 0 Å². The molecule has 0 unspecified atom stereocenters. The lowest BCUT2D eigenvalue weighted by atomic mass is 10.1. The van der Waals surface area contributed by atoms with Crippen LogP contribution in [-0.2, 0) is 4.79 Å². The van der Waals surface area contributed by atoms with Gasteiger partial charge >= 0.3 is 5.97 Å². The van der Waals surface area contributed by atoms with Gasteiger partial charge in [-0.1, -0.05) is 61.2 Å². The number of allylic oxidation sites excluding steroid dienone is 4. The Morgan fingerprint density at radius 2 is 1.88 bits per heavy atom. The molecule has 1 aromatic carbocycles. The molecule has 2 heteroatoms. The van der Waals surface area contributed by atoms with Gasteiger partial charge in [0.05, 0.1) is 5.57 Å². The molecule has 0 atom stereocenters. The number of rotatable bonds is 5. The Labute approximate surface area is 101 Å². The predicted octanol–water partition coefficient (Wildman–Crippen LogP) is 3.45. The van der Waals surface area contributed by atoms with Crippen molar-refractivity contribution in [3.8, 4) is 0 Å². The highest BCUT2D eigenvalue weighted by Gasteiger charge is 2.00. The second-order valence-corrected chi connectivity index (χ2v) is 3.29. The third-order valence-electron chi connectivity index (χ3n) is 2.02. The Kier molecular flexibility index (Phi) is 5.25. The zero-order valence-electron chi connectivity index (χ0n) is 9.41.